The van der Waals surface area contributed by atoms with Gasteiger partial charge in [-0.2, -0.15) is 0 Å². The standard InChI is InChI=1S/C39H50ClN5O7S/c1-26-6-4-8-34(50-2)31-12-9-29(31)22-45-24-39(15-5-7-27-20-30(40)11-13-32(27)39)25-52-35-14-10-28(21-33(35)45)36(46)41-53(49,23-26)42-37(47)43-16-18-44(19-17-43)38(48)51-3/h4,8,10-11,13-14,20-21,26,29,31,34H,5-7,9,12,15-19,22-25H2,1-3H3,(H,41,42,46,47,49)/b8-4-/t26-,29-,31+,34-,39-,53?/m0/s1. The highest BCUT2D eigenvalue weighted by atomic mass is 35.5. The van der Waals surface area contributed by atoms with Gasteiger partial charge in [0.2, 0.25) is 0 Å². The Bertz CT molecular complexity index is 1890. The van der Waals surface area contributed by atoms with E-state index in [0.29, 0.717) is 37.2 Å². The number of aryl methyl sites for hydroxylation is 1. The number of allylic oxidation sites excluding steroid dienone is 1. The summed E-state index contributed by atoms with van der Waals surface area (Å²) in [5.41, 5.74) is 3.32. The highest BCUT2D eigenvalue weighted by Crippen LogP contribution is 2.47. The third-order valence-corrected chi connectivity index (χ3v) is 14.0. The quantitative estimate of drug-likeness (QED) is 0.365. The van der Waals surface area contributed by atoms with E-state index in [9.17, 15) is 18.6 Å². The molecule has 7 rings (SSSR count). The van der Waals surface area contributed by atoms with Crippen molar-refractivity contribution in [3.05, 3.63) is 70.3 Å². The Kier molecular flexibility index (Phi) is 11.0. The van der Waals surface area contributed by atoms with Gasteiger partial charge in [-0.3, -0.25) is 9.52 Å². The topological polar surface area (TPSA) is 130 Å². The fourth-order valence-corrected chi connectivity index (χ4v) is 10.9. The van der Waals surface area contributed by atoms with Gasteiger partial charge in [-0.15, -0.1) is 4.36 Å². The lowest BCUT2D eigenvalue weighted by atomic mass is 9.68. The number of benzene rings is 2. The van der Waals surface area contributed by atoms with Crippen LogP contribution in [0.4, 0.5) is 15.3 Å². The van der Waals surface area contributed by atoms with Crippen LogP contribution in [-0.4, -0.2) is 104 Å². The minimum atomic E-state index is -3.57. The molecule has 12 nitrogen and oxygen atoms in total. The van der Waals surface area contributed by atoms with Crippen LogP contribution in [0.15, 0.2) is 52.9 Å². The largest absolute Gasteiger partial charge is 0.490 e. The van der Waals surface area contributed by atoms with E-state index in [1.54, 1.807) is 13.2 Å². The minimum absolute atomic E-state index is 0.0211. The normalized spacial score (nSPS) is 30.8. The first-order valence-electron chi connectivity index (χ1n) is 18.7. The van der Waals surface area contributed by atoms with E-state index in [4.69, 9.17) is 25.8 Å². The van der Waals surface area contributed by atoms with Crippen molar-refractivity contribution in [2.24, 2.45) is 22.1 Å². The van der Waals surface area contributed by atoms with Crippen LogP contribution in [-0.2, 0) is 31.2 Å². The monoisotopic (exact) mass is 767 g/mol. The van der Waals surface area contributed by atoms with Crippen LogP contribution in [0.2, 0.25) is 5.02 Å². The SMILES string of the molecule is COC(=O)N1CCN(C(=O)NS2(=O)=NC(=O)c3ccc4c(c3)N(C[C@@H]3CC[C@H]3[C@@H](OC)/C=C\C[C@H](C)C2)C[C@@]2(CCCc3cc(Cl)ccc32)CO4)CC1. The average molecular weight is 768 g/mol. The second-order valence-corrected chi connectivity index (χ2v) is 17.7. The third-order valence-electron chi connectivity index (χ3n) is 11.8. The summed E-state index contributed by atoms with van der Waals surface area (Å²) in [5, 5.41) is 0.731. The number of amides is 4. The number of nitrogens with one attached hydrogen (secondary N) is 1. The zero-order valence-electron chi connectivity index (χ0n) is 30.8. The van der Waals surface area contributed by atoms with Crippen LogP contribution in [0.1, 0.15) is 60.5 Å². The van der Waals surface area contributed by atoms with Gasteiger partial charge in [0.25, 0.3) is 5.91 Å². The van der Waals surface area contributed by atoms with Crippen LogP contribution < -0.4 is 14.4 Å². The number of ether oxygens (including phenoxy) is 3. The zero-order chi connectivity index (χ0) is 37.3. The highest BCUT2D eigenvalue weighted by molar-refractivity contribution is 7.92. The van der Waals surface area contributed by atoms with Gasteiger partial charge in [-0.25, -0.2) is 13.8 Å². The van der Waals surface area contributed by atoms with Crippen LogP contribution in [0.5, 0.6) is 5.75 Å². The van der Waals surface area contributed by atoms with Crippen LogP contribution in [0, 0.1) is 17.8 Å². The number of rotatable bonds is 2. The number of hydrogen-bond donors (Lipinski definition) is 1. The first-order valence-corrected chi connectivity index (χ1v) is 20.7. The Balaban J connectivity index is 1.24. The number of carbonyl (C=O) groups is 3. The van der Waals surface area contributed by atoms with Crippen molar-refractivity contribution >= 4 is 45.2 Å². The summed E-state index contributed by atoms with van der Waals surface area (Å²) in [4.78, 5) is 44.9. The molecule has 1 N–H and O–H groups in total. The van der Waals surface area contributed by atoms with Gasteiger partial charge in [0.1, 0.15) is 15.7 Å². The summed E-state index contributed by atoms with van der Waals surface area (Å²) in [6, 6.07) is 10.9. The van der Waals surface area contributed by atoms with Gasteiger partial charge < -0.3 is 28.9 Å². The summed E-state index contributed by atoms with van der Waals surface area (Å²) < 4.78 is 39.1. The number of anilines is 1. The van der Waals surface area contributed by atoms with E-state index >= 15 is 0 Å². The zero-order valence-corrected chi connectivity index (χ0v) is 32.3. The molecule has 1 unspecified atom stereocenters. The molecule has 286 valence electrons. The molecule has 53 heavy (non-hydrogen) atoms. The Morgan fingerprint density at radius 1 is 1.08 bits per heavy atom. The molecule has 4 amide bonds. The number of methoxy groups -OCH3 is 2. The molecule has 14 heteroatoms. The summed E-state index contributed by atoms with van der Waals surface area (Å²) in [5.74, 6) is 0.526. The lowest BCUT2D eigenvalue weighted by molar-refractivity contribution is 0.0131. The van der Waals surface area contributed by atoms with Crippen LogP contribution in [0.25, 0.3) is 0 Å². The molecule has 2 aromatic rings. The van der Waals surface area contributed by atoms with Crippen LogP contribution in [0.3, 0.4) is 0 Å². The molecular weight excluding hydrogens is 718 g/mol. The Hall–Kier alpha value is -3.81. The number of carbonyl (C=O) groups excluding carboxylic acids is 3. The highest BCUT2D eigenvalue weighted by Gasteiger charge is 2.44. The molecule has 0 radical (unpaired) electrons. The number of urea groups is 1. The molecule has 3 aliphatic heterocycles. The predicted octanol–water partition coefficient (Wildman–Crippen LogP) is 6.07. The van der Waals surface area contributed by atoms with Crippen molar-refractivity contribution in [3.8, 4) is 5.75 Å². The van der Waals surface area contributed by atoms with Gasteiger partial charge in [-0.1, -0.05) is 36.7 Å². The van der Waals surface area contributed by atoms with Crippen molar-refractivity contribution in [2.45, 2.75) is 57.0 Å². The van der Waals surface area contributed by atoms with Crippen molar-refractivity contribution < 1.29 is 32.8 Å². The van der Waals surface area contributed by atoms with Gasteiger partial charge in [0.05, 0.1) is 31.3 Å². The third kappa shape index (κ3) is 7.88. The molecule has 3 heterocycles. The van der Waals surface area contributed by atoms with Gasteiger partial charge in [0, 0.05) is 62.4 Å². The van der Waals surface area contributed by atoms with E-state index in [-0.39, 0.29) is 54.9 Å². The second-order valence-electron chi connectivity index (χ2n) is 15.3. The van der Waals surface area contributed by atoms with Gasteiger partial charge in [-0.05, 0) is 97.7 Å². The summed E-state index contributed by atoms with van der Waals surface area (Å²) in [6.07, 6.45) is 9.29. The van der Waals surface area contributed by atoms with Gasteiger partial charge in [0.15, 0.2) is 0 Å². The Labute approximate surface area is 317 Å². The number of piperazine rings is 1. The van der Waals surface area contributed by atoms with E-state index in [0.717, 1.165) is 49.4 Å². The maximum atomic E-state index is 14.6. The summed E-state index contributed by atoms with van der Waals surface area (Å²) in [7, 11) is -0.499. The van der Waals surface area contributed by atoms with E-state index in [2.05, 4.69) is 38.3 Å². The number of fused-ring (bicyclic) bond motifs is 4. The van der Waals surface area contributed by atoms with Crippen LogP contribution >= 0.6 is 11.6 Å². The first-order chi connectivity index (χ1) is 25.5. The molecule has 2 aliphatic carbocycles. The molecule has 1 spiro atoms. The molecule has 5 aliphatic rings. The molecule has 1 saturated heterocycles. The molecule has 2 bridgehead atoms. The predicted molar refractivity (Wildman–Crippen MR) is 204 cm³/mol. The first kappa shape index (κ1) is 37.5. The number of hydrogen-bond acceptors (Lipinski definition) is 8. The van der Waals surface area contributed by atoms with E-state index < -0.39 is 27.9 Å². The molecule has 2 fully saturated rings. The molecular formula is C39H50ClN5O7S. The lowest BCUT2D eigenvalue weighted by Crippen LogP contribution is -2.54. The lowest BCUT2D eigenvalue weighted by Gasteiger charge is -2.46. The smallest absolute Gasteiger partial charge is 0.409 e. The van der Waals surface area contributed by atoms with Crippen molar-refractivity contribution in [2.75, 3.05) is 70.7 Å². The summed E-state index contributed by atoms with van der Waals surface area (Å²) in [6.45, 7) is 4.89. The molecule has 6 atom stereocenters. The maximum absolute atomic E-state index is 14.6. The fraction of sp³-hybridized carbons (Fsp3) is 0.564. The van der Waals surface area contributed by atoms with E-state index in [1.165, 1.54) is 28.0 Å². The Morgan fingerprint density at radius 2 is 1.87 bits per heavy atom. The maximum Gasteiger partial charge on any atom is 0.409 e. The van der Waals surface area contributed by atoms with Crippen molar-refractivity contribution in [3.63, 3.8) is 0 Å². The molecule has 0 aromatic heterocycles. The average Bonchev–Trinajstić information content (AvgIpc) is 3.28. The van der Waals surface area contributed by atoms with E-state index in [1.807, 2.05) is 25.1 Å². The molecule has 1 saturated carbocycles. The second kappa shape index (κ2) is 15.5. The minimum Gasteiger partial charge on any atom is -0.490 e. The van der Waals surface area contributed by atoms with Crippen molar-refractivity contribution in [1.29, 1.82) is 0 Å². The number of halogens is 1. The van der Waals surface area contributed by atoms with Gasteiger partial charge >= 0.3 is 12.1 Å². The Morgan fingerprint density at radius 3 is 2.60 bits per heavy atom. The number of nitrogens with zero attached hydrogens (tertiary/aromatic N) is 4. The van der Waals surface area contributed by atoms with Crippen molar-refractivity contribution in [1.82, 2.24) is 14.5 Å². The summed E-state index contributed by atoms with van der Waals surface area (Å²) >= 11 is 6.46. The fourth-order valence-electron chi connectivity index (χ4n) is 8.79. The molecule has 2 aromatic carbocycles.